The Bertz CT molecular complexity index is 971. The molecule has 154 valence electrons. The number of aryl methyl sites for hydroxylation is 1. The highest BCUT2D eigenvalue weighted by atomic mass is 16.2. The SMILES string of the molecule is CC(C)=CCN1CCNC(=O)C1CC(=O)N1CCc2[nH]c3c(C)cccc3c2C1. The van der Waals surface area contributed by atoms with Gasteiger partial charge in [0.2, 0.25) is 11.8 Å². The van der Waals surface area contributed by atoms with E-state index in [4.69, 9.17) is 0 Å². The van der Waals surface area contributed by atoms with Gasteiger partial charge in [-0.3, -0.25) is 14.5 Å². The number of carbonyl (C=O) groups excluding carboxylic acids is 2. The molecule has 0 radical (unpaired) electrons. The number of allylic oxidation sites excluding steroid dienone is 1. The summed E-state index contributed by atoms with van der Waals surface area (Å²) >= 11 is 0. The summed E-state index contributed by atoms with van der Waals surface area (Å²) in [4.78, 5) is 33.2. The average Bonchev–Trinajstić information content (AvgIpc) is 3.07. The summed E-state index contributed by atoms with van der Waals surface area (Å²) in [7, 11) is 0. The van der Waals surface area contributed by atoms with E-state index in [1.54, 1.807) is 0 Å². The van der Waals surface area contributed by atoms with Crippen molar-refractivity contribution in [2.24, 2.45) is 0 Å². The van der Waals surface area contributed by atoms with Gasteiger partial charge in [0.05, 0.1) is 12.5 Å². The summed E-state index contributed by atoms with van der Waals surface area (Å²) in [5.41, 5.74) is 6.07. The number of rotatable bonds is 4. The molecule has 6 nitrogen and oxygen atoms in total. The van der Waals surface area contributed by atoms with E-state index in [9.17, 15) is 9.59 Å². The normalized spacial score (nSPS) is 19.8. The summed E-state index contributed by atoms with van der Waals surface area (Å²) in [6.45, 7) is 9.65. The molecule has 1 aromatic carbocycles. The lowest BCUT2D eigenvalue weighted by Crippen LogP contribution is -2.56. The highest BCUT2D eigenvalue weighted by Crippen LogP contribution is 2.30. The Hall–Kier alpha value is -2.60. The number of carbonyl (C=O) groups is 2. The van der Waals surface area contributed by atoms with Crippen molar-refractivity contribution in [2.75, 3.05) is 26.2 Å². The maximum Gasteiger partial charge on any atom is 0.237 e. The van der Waals surface area contributed by atoms with Crippen molar-refractivity contribution >= 4 is 22.7 Å². The van der Waals surface area contributed by atoms with E-state index in [0.29, 0.717) is 26.2 Å². The van der Waals surface area contributed by atoms with Gasteiger partial charge in [-0.25, -0.2) is 0 Å². The number of aromatic amines is 1. The Balaban J connectivity index is 1.50. The molecule has 4 rings (SSSR count). The molecule has 2 amide bonds. The minimum absolute atomic E-state index is 0.0350. The van der Waals surface area contributed by atoms with Crippen molar-refractivity contribution in [1.82, 2.24) is 20.1 Å². The molecule has 2 aliphatic rings. The predicted octanol–water partition coefficient (Wildman–Crippen LogP) is 2.52. The maximum absolute atomic E-state index is 13.1. The third-order valence-electron chi connectivity index (χ3n) is 6.12. The Labute approximate surface area is 171 Å². The topological polar surface area (TPSA) is 68.4 Å². The molecule has 3 heterocycles. The van der Waals surface area contributed by atoms with Crippen LogP contribution in [0.15, 0.2) is 29.8 Å². The molecule has 1 unspecified atom stereocenters. The first-order chi connectivity index (χ1) is 13.9. The van der Waals surface area contributed by atoms with Crippen LogP contribution in [0, 0.1) is 6.92 Å². The number of amides is 2. The van der Waals surface area contributed by atoms with E-state index in [-0.39, 0.29) is 18.2 Å². The Kier molecular flexibility index (Phi) is 5.46. The average molecular weight is 395 g/mol. The van der Waals surface area contributed by atoms with Crippen LogP contribution in [0.5, 0.6) is 0 Å². The van der Waals surface area contributed by atoms with Gasteiger partial charge in [-0.15, -0.1) is 0 Å². The number of nitrogens with zero attached hydrogens (tertiary/aromatic N) is 2. The first-order valence-corrected chi connectivity index (χ1v) is 10.5. The lowest BCUT2D eigenvalue weighted by Gasteiger charge is -2.36. The third kappa shape index (κ3) is 3.94. The van der Waals surface area contributed by atoms with E-state index in [1.807, 2.05) is 4.90 Å². The molecule has 1 fully saturated rings. The summed E-state index contributed by atoms with van der Waals surface area (Å²) < 4.78 is 0. The van der Waals surface area contributed by atoms with E-state index in [2.05, 4.69) is 60.2 Å². The first kappa shape index (κ1) is 19.7. The Morgan fingerprint density at radius 2 is 2.10 bits per heavy atom. The molecule has 29 heavy (non-hydrogen) atoms. The van der Waals surface area contributed by atoms with Gasteiger partial charge in [-0.05, 0) is 26.3 Å². The van der Waals surface area contributed by atoms with E-state index >= 15 is 0 Å². The standard InChI is InChI=1S/C23H30N4O2/c1-15(2)7-10-26-12-9-24-23(29)20(26)13-21(28)27-11-8-19-18(14-27)17-6-4-5-16(3)22(17)25-19/h4-7,20,25H,8-14H2,1-3H3,(H,24,29). The number of benzene rings is 1. The van der Waals surface area contributed by atoms with Crippen LogP contribution in [-0.2, 0) is 22.6 Å². The zero-order valence-corrected chi connectivity index (χ0v) is 17.5. The summed E-state index contributed by atoms with van der Waals surface area (Å²) in [5.74, 6) is 0.0223. The fraction of sp³-hybridized carbons (Fsp3) is 0.478. The van der Waals surface area contributed by atoms with Gasteiger partial charge in [0, 0.05) is 61.3 Å². The van der Waals surface area contributed by atoms with Crippen LogP contribution in [-0.4, -0.2) is 58.8 Å². The van der Waals surface area contributed by atoms with Crippen LogP contribution >= 0.6 is 0 Å². The molecular formula is C23H30N4O2. The minimum Gasteiger partial charge on any atom is -0.358 e. The number of aromatic nitrogens is 1. The summed E-state index contributed by atoms with van der Waals surface area (Å²) in [6.07, 6.45) is 3.18. The van der Waals surface area contributed by atoms with E-state index < -0.39 is 6.04 Å². The number of piperazine rings is 1. The molecule has 0 saturated carbocycles. The predicted molar refractivity (Wildman–Crippen MR) is 115 cm³/mol. The molecule has 6 heteroatoms. The van der Waals surface area contributed by atoms with Gasteiger partial charge >= 0.3 is 0 Å². The number of nitrogens with one attached hydrogen (secondary N) is 2. The number of hydrogen-bond donors (Lipinski definition) is 2. The molecule has 2 aromatic rings. The van der Waals surface area contributed by atoms with Crippen LogP contribution in [0.4, 0.5) is 0 Å². The van der Waals surface area contributed by atoms with Gasteiger partial charge in [-0.1, -0.05) is 29.8 Å². The number of H-pyrrole nitrogens is 1. The van der Waals surface area contributed by atoms with Crippen LogP contribution in [0.2, 0.25) is 0 Å². The Morgan fingerprint density at radius 3 is 2.90 bits per heavy atom. The molecule has 2 aliphatic heterocycles. The lowest BCUT2D eigenvalue weighted by atomic mass is 10.0. The monoisotopic (exact) mass is 394 g/mol. The van der Waals surface area contributed by atoms with Crippen molar-refractivity contribution in [3.63, 3.8) is 0 Å². The molecule has 0 aliphatic carbocycles. The van der Waals surface area contributed by atoms with E-state index in [1.165, 1.54) is 33.3 Å². The quantitative estimate of drug-likeness (QED) is 0.783. The molecule has 1 aromatic heterocycles. The summed E-state index contributed by atoms with van der Waals surface area (Å²) in [5, 5.41) is 4.13. The van der Waals surface area contributed by atoms with E-state index in [0.717, 1.165) is 13.0 Å². The second-order valence-electron chi connectivity index (χ2n) is 8.43. The number of fused-ring (bicyclic) bond motifs is 3. The third-order valence-corrected chi connectivity index (χ3v) is 6.12. The van der Waals surface area contributed by atoms with Crippen LogP contribution in [0.25, 0.3) is 10.9 Å². The second-order valence-corrected chi connectivity index (χ2v) is 8.43. The fourth-order valence-electron chi connectivity index (χ4n) is 4.39. The zero-order chi connectivity index (χ0) is 20.5. The Morgan fingerprint density at radius 1 is 1.28 bits per heavy atom. The van der Waals surface area contributed by atoms with Crippen LogP contribution in [0.3, 0.4) is 0 Å². The van der Waals surface area contributed by atoms with Gasteiger partial charge in [-0.2, -0.15) is 0 Å². The highest BCUT2D eigenvalue weighted by molar-refractivity contribution is 5.90. The second kappa shape index (κ2) is 8.03. The van der Waals surface area contributed by atoms with Crippen molar-refractivity contribution in [2.45, 2.75) is 46.2 Å². The minimum atomic E-state index is -0.390. The molecule has 1 atom stereocenters. The smallest absolute Gasteiger partial charge is 0.237 e. The van der Waals surface area contributed by atoms with Gasteiger partial charge in [0.15, 0.2) is 0 Å². The lowest BCUT2D eigenvalue weighted by molar-refractivity contribution is -0.139. The van der Waals surface area contributed by atoms with Gasteiger partial charge in [0.25, 0.3) is 0 Å². The molecule has 0 bridgehead atoms. The first-order valence-electron chi connectivity index (χ1n) is 10.5. The van der Waals surface area contributed by atoms with Crippen molar-refractivity contribution < 1.29 is 9.59 Å². The van der Waals surface area contributed by atoms with Crippen molar-refractivity contribution in [1.29, 1.82) is 0 Å². The van der Waals surface area contributed by atoms with Crippen LogP contribution in [0.1, 0.15) is 37.1 Å². The highest BCUT2D eigenvalue weighted by Gasteiger charge is 2.33. The number of hydrogen-bond acceptors (Lipinski definition) is 3. The fourth-order valence-corrected chi connectivity index (χ4v) is 4.39. The molecule has 0 spiro atoms. The van der Waals surface area contributed by atoms with Gasteiger partial charge in [0.1, 0.15) is 0 Å². The maximum atomic E-state index is 13.1. The molecular weight excluding hydrogens is 364 g/mol. The largest absolute Gasteiger partial charge is 0.358 e. The summed E-state index contributed by atoms with van der Waals surface area (Å²) in [6, 6.07) is 5.91. The van der Waals surface area contributed by atoms with Crippen molar-refractivity contribution in [3.8, 4) is 0 Å². The molecule has 1 saturated heterocycles. The van der Waals surface area contributed by atoms with Crippen LogP contribution < -0.4 is 5.32 Å². The zero-order valence-electron chi connectivity index (χ0n) is 17.5. The molecule has 2 N–H and O–H groups in total. The number of para-hydroxylation sites is 1. The van der Waals surface area contributed by atoms with Crippen molar-refractivity contribution in [3.05, 3.63) is 46.7 Å². The van der Waals surface area contributed by atoms with Gasteiger partial charge < -0.3 is 15.2 Å².